The molecule has 1 heterocycles. The highest BCUT2D eigenvalue weighted by atomic mass is 19.1. The molecule has 30 heavy (non-hydrogen) atoms. The number of hydrogen-bond donors (Lipinski definition) is 1. The normalized spacial score (nSPS) is 16.2. The summed E-state index contributed by atoms with van der Waals surface area (Å²) in [5.41, 5.74) is 2.56. The van der Waals surface area contributed by atoms with Crippen LogP contribution in [0.3, 0.4) is 0 Å². The number of carbonyl (C=O) groups is 2. The third kappa shape index (κ3) is 5.64. The maximum atomic E-state index is 14.3. The van der Waals surface area contributed by atoms with Crippen LogP contribution < -0.4 is 10.2 Å². The van der Waals surface area contributed by atoms with E-state index in [9.17, 15) is 14.0 Å². The Morgan fingerprint density at radius 2 is 2.00 bits per heavy atom. The fraction of sp³-hybridized carbons (Fsp3) is 0.391. The van der Waals surface area contributed by atoms with Crippen molar-refractivity contribution in [2.75, 3.05) is 36.6 Å². The Bertz CT molecular complexity index is 903. The summed E-state index contributed by atoms with van der Waals surface area (Å²) in [5.74, 6) is -1.51. The molecule has 1 unspecified atom stereocenters. The van der Waals surface area contributed by atoms with Crippen LogP contribution in [0.5, 0.6) is 0 Å². The third-order valence-electron chi connectivity index (χ3n) is 4.93. The summed E-state index contributed by atoms with van der Waals surface area (Å²) in [6, 6.07) is 12.1. The van der Waals surface area contributed by atoms with Gasteiger partial charge in [-0.3, -0.25) is 9.59 Å². The lowest BCUT2D eigenvalue weighted by Crippen LogP contribution is -2.28. The summed E-state index contributed by atoms with van der Waals surface area (Å²) in [6.07, 6.45) is 0.0549. The first-order valence-electron chi connectivity index (χ1n) is 10.1. The van der Waals surface area contributed by atoms with E-state index in [1.54, 1.807) is 25.1 Å². The van der Waals surface area contributed by atoms with Gasteiger partial charge in [0.05, 0.1) is 31.4 Å². The topological polar surface area (TPSA) is 67.9 Å². The van der Waals surface area contributed by atoms with Crippen LogP contribution in [-0.4, -0.2) is 38.2 Å². The molecule has 0 bridgehead atoms. The van der Waals surface area contributed by atoms with Gasteiger partial charge in [0.2, 0.25) is 11.8 Å². The van der Waals surface area contributed by atoms with Crippen LogP contribution in [-0.2, 0) is 25.7 Å². The van der Waals surface area contributed by atoms with Crippen molar-refractivity contribution < 1.29 is 23.5 Å². The highest BCUT2D eigenvalue weighted by molar-refractivity contribution is 6.03. The van der Waals surface area contributed by atoms with Crippen molar-refractivity contribution in [3.63, 3.8) is 0 Å². The fourth-order valence-corrected chi connectivity index (χ4v) is 3.38. The predicted octanol–water partition coefficient (Wildman–Crippen LogP) is 3.68. The summed E-state index contributed by atoms with van der Waals surface area (Å²) in [5, 5.41) is 2.86. The van der Waals surface area contributed by atoms with E-state index in [0.29, 0.717) is 32.1 Å². The van der Waals surface area contributed by atoms with Gasteiger partial charge in [-0.1, -0.05) is 18.2 Å². The van der Waals surface area contributed by atoms with E-state index in [4.69, 9.17) is 9.47 Å². The molecule has 1 N–H and O–H groups in total. The smallest absolute Gasteiger partial charge is 0.229 e. The molecule has 0 radical (unpaired) electrons. The minimum atomic E-state index is -0.538. The molecule has 1 aliphatic rings. The van der Waals surface area contributed by atoms with Crippen LogP contribution in [0.15, 0.2) is 42.5 Å². The molecule has 1 aliphatic heterocycles. The summed E-state index contributed by atoms with van der Waals surface area (Å²) < 4.78 is 25.0. The fourth-order valence-electron chi connectivity index (χ4n) is 3.38. The van der Waals surface area contributed by atoms with Crippen molar-refractivity contribution in [3.8, 4) is 0 Å². The molecule has 3 rings (SSSR count). The lowest BCUT2D eigenvalue weighted by Gasteiger charge is -2.18. The molecular formula is C23H27FN2O4. The summed E-state index contributed by atoms with van der Waals surface area (Å²) in [4.78, 5) is 26.4. The molecule has 160 valence electrons. The molecule has 7 heteroatoms. The second-order valence-electron chi connectivity index (χ2n) is 7.30. The van der Waals surface area contributed by atoms with Crippen molar-refractivity contribution in [2.24, 2.45) is 5.92 Å². The molecule has 2 aromatic rings. The predicted molar refractivity (Wildman–Crippen MR) is 113 cm³/mol. The zero-order chi connectivity index (χ0) is 21.5. The second-order valence-corrected chi connectivity index (χ2v) is 7.30. The van der Waals surface area contributed by atoms with E-state index >= 15 is 0 Å². The Hall–Kier alpha value is -2.77. The standard InChI is InChI=1S/C23H27FN2O4/c1-3-29-9-10-30-15-17-5-4-6-19(12-17)25-23(28)18-13-22(27)26(14-18)21-8-7-16(2)11-20(21)24/h4-8,11-12,18H,3,9-10,13-15H2,1-2H3,(H,25,28). The van der Waals surface area contributed by atoms with Crippen molar-refractivity contribution in [3.05, 3.63) is 59.4 Å². The molecule has 2 amide bonds. The van der Waals surface area contributed by atoms with Gasteiger partial charge in [-0.2, -0.15) is 0 Å². The SMILES string of the molecule is CCOCCOCc1cccc(NC(=O)C2CC(=O)N(c3ccc(C)cc3F)C2)c1. The monoisotopic (exact) mass is 414 g/mol. The van der Waals surface area contributed by atoms with E-state index in [2.05, 4.69) is 5.32 Å². The van der Waals surface area contributed by atoms with Crippen molar-refractivity contribution in [1.29, 1.82) is 0 Å². The number of ether oxygens (including phenoxy) is 2. The van der Waals surface area contributed by atoms with Crippen LogP contribution in [0, 0.1) is 18.7 Å². The number of hydrogen-bond acceptors (Lipinski definition) is 4. The Morgan fingerprint density at radius 1 is 1.20 bits per heavy atom. The summed E-state index contributed by atoms with van der Waals surface area (Å²) in [7, 11) is 0. The van der Waals surface area contributed by atoms with Gasteiger partial charge in [-0.05, 0) is 49.2 Å². The molecule has 2 aromatic carbocycles. The molecule has 1 fully saturated rings. The number of aryl methyl sites for hydroxylation is 1. The molecule has 0 aliphatic carbocycles. The molecule has 6 nitrogen and oxygen atoms in total. The maximum Gasteiger partial charge on any atom is 0.229 e. The highest BCUT2D eigenvalue weighted by Gasteiger charge is 2.36. The molecule has 0 saturated carbocycles. The van der Waals surface area contributed by atoms with Crippen LogP contribution in [0.25, 0.3) is 0 Å². The summed E-state index contributed by atoms with van der Waals surface area (Å²) in [6.45, 7) is 5.99. The van der Waals surface area contributed by atoms with Crippen molar-refractivity contribution in [1.82, 2.24) is 0 Å². The molecule has 1 saturated heterocycles. The Labute approximate surface area is 176 Å². The number of halogens is 1. The quantitative estimate of drug-likeness (QED) is 0.636. The zero-order valence-corrected chi connectivity index (χ0v) is 17.3. The number of carbonyl (C=O) groups excluding carboxylic acids is 2. The van der Waals surface area contributed by atoms with Crippen molar-refractivity contribution >= 4 is 23.2 Å². The third-order valence-corrected chi connectivity index (χ3v) is 4.93. The van der Waals surface area contributed by atoms with Crippen LogP contribution in [0.2, 0.25) is 0 Å². The molecule has 0 aromatic heterocycles. The Kier molecular flexibility index (Phi) is 7.54. The first-order valence-corrected chi connectivity index (χ1v) is 10.1. The number of amides is 2. The lowest BCUT2D eigenvalue weighted by molar-refractivity contribution is -0.122. The van der Waals surface area contributed by atoms with E-state index in [-0.39, 0.29) is 30.5 Å². The van der Waals surface area contributed by atoms with Gasteiger partial charge >= 0.3 is 0 Å². The molecule has 0 spiro atoms. The summed E-state index contributed by atoms with van der Waals surface area (Å²) >= 11 is 0. The van der Waals surface area contributed by atoms with Crippen molar-refractivity contribution in [2.45, 2.75) is 26.9 Å². The van der Waals surface area contributed by atoms with Gasteiger partial charge in [0.15, 0.2) is 0 Å². The van der Waals surface area contributed by atoms with Crippen LogP contribution >= 0.6 is 0 Å². The van der Waals surface area contributed by atoms with Gasteiger partial charge < -0.3 is 19.7 Å². The Morgan fingerprint density at radius 3 is 2.77 bits per heavy atom. The number of nitrogens with zero attached hydrogens (tertiary/aromatic N) is 1. The van der Waals surface area contributed by atoms with E-state index < -0.39 is 11.7 Å². The van der Waals surface area contributed by atoms with Gasteiger partial charge in [0.1, 0.15) is 5.82 Å². The van der Waals surface area contributed by atoms with Gasteiger partial charge in [-0.25, -0.2) is 4.39 Å². The first-order chi connectivity index (χ1) is 14.5. The van der Waals surface area contributed by atoms with E-state index in [1.165, 1.54) is 11.0 Å². The minimum Gasteiger partial charge on any atom is -0.379 e. The number of rotatable bonds is 9. The minimum absolute atomic E-state index is 0.0549. The van der Waals surface area contributed by atoms with Gasteiger partial charge in [0, 0.05) is 25.3 Å². The van der Waals surface area contributed by atoms with Gasteiger partial charge in [0.25, 0.3) is 0 Å². The molecular weight excluding hydrogens is 387 g/mol. The average Bonchev–Trinajstić information content (AvgIpc) is 3.10. The van der Waals surface area contributed by atoms with Crippen LogP contribution in [0.1, 0.15) is 24.5 Å². The number of benzene rings is 2. The number of nitrogens with one attached hydrogen (secondary N) is 1. The first kappa shape index (κ1) is 21.9. The second kappa shape index (κ2) is 10.3. The highest BCUT2D eigenvalue weighted by Crippen LogP contribution is 2.28. The molecule has 1 atom stereocenters. The largest absolute Gasteiger partial charge is 0.379 e. The average molecular weight is 414 g/mol. The number of anilines is 2. The van der Waals surface area contributed by atoms with E-state index in [1.807, 2.05) is 25.1 Å². The van der Waals surface area contributed by atoms with Gasteiger partial charge in [-0.15, -0.1) is 0 Å². The van der Waals surface area contributed by atoms with E-state index in [0.717, 1.165) is 11.1 Å². The maximum absolute atomic E-state index is 14.3. The lowest BCUT2D eigenvalue weighted by atomic mass is 10.1. The van der Waals surface area contributed by atoms with Crippen LogP contribution in [0.4, 0.5) is 15.8 Å². The zero-order valence-electron chi connectivity index (χ0n) is 17.3. The Balaban J connectivity index is 1.57.